The highest BCUT2D eigenvalue weighted by Gasteiger charge is 2.41. The number of piperidine rings is 1. The number of benzene rings is 1. The average molecular weight is 356 g/mol. The summed E-state index contributed by atoms with van der Waals surface area (Å²) >= 11 is 0. The normalized spacial score (nSPS) is 20.8. The van der Waals surface area contributed by atoms with Gasteiger partial charge in [0.05, 0.1) is 12.5 Å². The van der Waals surface area contributed by atoms with Gasteiger partial charge < -0.3 is 19.7 Å². The fourth-order valence-corrected chi connectivity index (χ4v) is 3.42. The molecule has 1 aromatic carbocycles. The Balaban J connectivity index is 1.59. The average Bonchev–Trinajstić information content (AvgIpc) is 3.13. The van der Waals surface area contributed by atoms with Gasteiger partial charge in [-0.1, -0.05) is 38.1 Å². The first-order valence-corrected chi connectivity index (χ1v) is 9.30. The van der Waals surface area contributed by atoms with Crippen LogP contribution in [0.25, 0.3) is 0 Å². The predicted octanol–water partition coefficient (Wildman–Crippen LogP) is 3.05. The zero-order chi connectivity index (χ0) is 18.6. The molecular formula is C21H28N2O3. The molecule has 26 heavy (non-hydrogen) atoms. The molecule has 1 atom stereocenters. The highest BCUT2D eigenvalue weighted by atomic mass is 16.3. The number of aliphatic hydroxyl groups is 1. The lowest BCUT2D eigenvalue weighted by molar-refractivity contribution is -0.157. The number of rotatable bonds is 7. The van der Waals surface area contributed by atoms with E-state index in [0.717, 1.165) is 17.5 Å². The second-order valence-electron chi connectivity index (χ2n) is 7.49. The van der Waals surface area contributed by atoms with E-state index in [2.05, 4.69) is 43.4 Å². The van der Waals surface area contributed by atoms with Crippen LogP contribution in [-0.4, -0.2) is 34.6 Å². The maximum Gasteiger partial charge on any atom is 0.256 e. The Kier molecular flexibility index (Phi) is 5.79. The van der Waals surface area contributed by atoms with Gasteiger partial charge in [0.25, 0.3) is 5.91 Å². The van der Waals surface area contributed by atoms with E-state index in [-0.39, 0.29) is 12.5 Å². The molecule has 0 unspecified atom stereocenters. The van der Waals surface area contributed by atoms with Crippen LogP contribution in [0.5, 0.6) is 0 Å². The summed E-state index contributed by atoms with van der Waals surface area (Å²) in [6, 6.07) is 10.3. The second kappa shape index (κ2) is 8.06. The number of nitrogens with zero attached hydrogens (tertiary/aromatic N) is 1. The van der Waals surface area contributed by atoms with Crippen molar-refractivity contribution in [3.63, 3.8) is 0 Å². The number of nitrogens with one attached hydrogen (secondary N) is 1. The van der Waals surface area contributed by atoms with Gasteiger partial charge in [-0.15, -0.1) is 0 Å². The number of carbonyl (C=O) groups excluding carboxylic acids is 1. The number of hydrogen-bond acceptors (Lipinski definition) is 4. The Hall–Kier alpha value is -2.11. The van der Waals surface area contributed by atoms with Gasteiger partial charge >= 0.3 is 0 Å². The van der Waals surface area contributed by atoms with Gasteiger partial charge in [-0.05, 0) is 36.0 Å². The second-order valence-corrected chi connectivity index (χ2v) is 7.49. The van der Waals surface area contributed by atoms with Gasteiger partial charge in [-0.3, -0.25) is 4.79 Å². The molecule has 1 aromatic heterocycles. The molecule has 5 heteroatoms. The van der Waals surface area contributed by atoms with Crippen LogP contribution in [0.15, 0.2) is 47.3 Å². The Labute approximate surface area is 155 Å². The van der Waals surface area contributed by atoms with E-state index >= 15 is 0 Å². The molecule has 0 spiro atoms. The van der Waals surface area contributed by atoms with Gasteiger partial charge in [0, 0.05) is 31.7 Å². The van der Waals surface area contributed by atoms with Gasteiger partial charge in [0.1, 0.15) is 0 Å². The summed E-state index contributed by atoms with van der Waals surface area (Å²) < 4.78 is 5.03. The summed E-state index contributed by atoms with van der Waals surface area (Å²) in [4.78, 5) is 14.6. The Morgan fingerprint density at radius 1 is 1.23 bits per heavy atom. The topological polar surface area (TPSA) is 65.7 Å². The van der Waals surface area contributed by atoms with Crippen LogP contribution in [-0.2, 0) is 17.9 Å². The lowest BCUT2D eigenvalue weighted by atomic mass is 9.91. The first-order valence-electron chi connectivity index (χ1n) is 9.30. The van der Waals surface area contributed by atoms with E-state index in [0.29, 0.717) is 32.0 Å². The molecule has 5 nitrogen and oxygen atoms in total. The highest BCUT2D eigenvalue weighted by molar-refractivity contribution is 5.86. The number of carbonyl (C=O) groups is 1. The third-order valence-electron chi connectivity index (χ3n) is 5.05. The van der Waals surface area contributed by atoms with E-state index < -0.39 is 5.60 Å². The molecule has 1 fully saturated rings. The van der Waals surface area contributed by atoms with Crippen molar-refractivity contribution in [1.29, 1.82) is 0 Å². The molecule has 1 amide bonds. The molecule has 0 aliphatic carbocycles. The molecule has 140 valence electrons. The monoisotopic (exact) mass is 356 g/mol. The molecule has 1 saturated heterocycles. The minimum absolute atomic E-state index is 0.184. The van der Waals surface area contributed by atoms with Gasteiger partial charge in [0.15, 0.2) is 5.60 Å². The van der Waals surface area contributed by atoms with Gasteiger partial charge in [-0.2, -0.15) is 0 Å². The molecule has 1 aliphatic heterocycles. The molecule has 3 rings (SSSR count). The molecule has 2 aromatic rings. The van der Waals surface area contributed by atoms with E-state index in [1.165, 1.54) is 5.56 Å². The summed E-state index contributed by atoms with van der Waals surface area (Å²) in [6.45, 7) is 6.39. The molecule has 1 aliphatic rings. The van der Waals surface area contributed by atoms with Crippen molar-refractivity contribution >= 4 is 5.91 Å². The lowest BCUT2D eigenvalue weighted by Gasteiger charge is -2.38. The minimum Gasteiger partial charge on any atom is -0.472 e. The first kappa shape index (κ1) is 18.7. The first-order chi connectivity index (χ1) is 12.5. The standard InChI is InChI=1S/C21H28N2O3/c1-16(2)19-6-4-17(5-7-19)13-23-10-3-9-21(25,20(23)24)15-22-12-18-8-11-26-14-18/h4-8,11,14,16,22,25H,3,9-10,12-13,15H2,1-2H3/t21-/m0/s1. The van der Waals surface area contributed by atoms with Crippen molar-refractivity contribution in [2.45, 2.75) is 51.3 Å². The zero-order valence-electron chi connectivity index (χ0n) is 15.6. The largest absolute Gasteiger partial charge is 0.472 e. The number of likely N-dealkylation sites (tertiary alicyclic amines) is 1. The van der Waals surface area contributed by atoms with Gasteiger partial charge in [0.2, 0.25) is 0 Å². The molecule has 2 heterocycles. The molecule has 0 radical (unpaired) electrons. The van der Waals surface area contributed by atoms with Crippen LogP contribution in [0.4, 0.5) is 0 Å². The number of furan rings is 1. The number of amides is 1. The predicted molar refractivity (Wildman–Crippen MR) is 101 cm³/mol. The van der Waals surface area contributed by atoms with Crippen LogP contribution in [0.1, 0.15) is 49.3 Å². The van der Waals surface area contributed by atoms with Crippen molar-refractivity contribution in [2.75, 3.05) is 13.1 Å². The van der Waals surface area contributed by atoms with Gasteiger partial charge in [-0.25, -0.2) is 0 Å². The summed E-state index contributed by atoms with van der Waals surface area (Å²) in [7, 11) is 0. The minimum atomic E-state index is -1.33. The van der Waals surface area contributed by atoms with Crippen LogP contribution in [0, 0.1) is 0 Å². The Bertz CT molecular complexity index is 709. The number of hydrogen-bond donors (Lipinski definition) is 2. The lowest BCUT2D eigenvalue weighted by Crippen LogP contribution is -2.57. The summed E-state index contributed by atoms with van der Waals surface area (Å²) in [5.74, 6) is 0.309. The maximum atomic E-state index is 12.8. The van der Waals surface area contributed by atoms with Crippen molar-refractivity contribution < 1.29 is 14.3 Å². The fourth-order valence-electron chi connectivity index (χ4n) is 3.42. The van der Waals surface area contributed by atoms with E-state index in [9.17, 15) is 9.90 Å². The molecule has 2 N–H and O–H groups in total. The van der Waals surface area contributed by atoms with Crippen LogP contribution in [0.3, 0.4) is 0 Å². The van der Waals surface area contributed by atoms with E-state index in [1.807, 2.05) is 6.07 Å². The van der Waals surface area contributed by atoms with Crippen molar-refractivity contribution in [1.82, 2.24) is 10.2 Å². The van der Waals surface area contributed by atoms with Crippen molar-refractivity contribution in [2.24, 2.45) is 0 Å². The van der Waals surface area contributed by atoms with E-state index in [1.54, 1.807) is 17.4 Å². The Morgan fingerprint density at radius 2 is 2.00 bits per heavy atom. The van der Waals surface area contributed by atoms with Crippen molar-refractivity contribution in [3.05, 3.63) is 59.5 Å². The zero-order valence-corrected chi connectivity index (χ0v) is 15.6. The summed E-state index contributed by atoms with van der Waals surface area (Å²) in [6.07, 6.45) is 4.57. The summed E-state index contributed by atoms with van der Waals surface area (Å²) in [5.41, 5.74) is 2.05. The van der Waals surface area contributed by atoms with Crippen molar-refractivity contribution in [3.8, 4) is 0 Å². The molecular weight excluding hydrogens is 328 g/mol. The summed E-state index contributed by atoms with van der Waals surface area (Å²) in [5, 5.41) is 14.0. The van der Waals surface area contributed by atoms with Crippen LogP contribution >= 0.6 is 0 Å². The SMILES string of the molecule is CC(C)c1ccc(CN2CCC[C@](O)(CNCc3ccoc3)C2=O)cc1. The third-order valence-corrected chi connectivity index (χ3v) is 5.05. The maximum absolute atomic E-state index is 12.8. The smallest absolute Gasteiger partial charge is 0.256 e. The van der Waals surface area contributed by atoms with Crippen LogP contribution < -0.4 is 5.32 Å². The molecule has 0 bridgehead atoms. The molecule has 0 saturated carbocycles. The Morgan fingerprint density at radius 3 is 2.65 bits per heavy atom. The van der Waals surface area contributed by atoms with Crippen LogP contribution in [0.2, 0.25) is 0 Å². The quantitative estimate of drug-likeness (QED) is 0.800. The highest BCUT2D eigenvalue weighted by Crippen LogP contribution is 2.24. The fraction of sp³-hybridized carbons (Fsp3) is 0.476. The third kappa shape index (κ3) is 4.34. The van der Waals surface area contributed by atoms with E-state index in [4.69, 9.17) is 4.42 Å².